The molecule has 1 aliphatic rings. The zero-order valence-electron chi connectivity index (χ0n) is 21.1. The summed E-state index contributed by atoms with van der Waals surface area (Å²) < 4.78 is 46.1. The van der Waals surface area contributed by atoms with Crippen LogP contribution >= 0.6 is 0 Å². The fourth-order valence-corrected chi connectivity index (χ4v) is 4.29. The van der Waals surface area contributed by atoms with Gasteiger partial charge in [-0.05, 0) is 74.7 Å². The summed E-state index contributed by atoms with van der Waals surface area (Å²) in [5.74, 6) is 0.827. The number of hydrogen-bond donors (Lipinski definition) is 0. The highest BCUT2D eigenvalue weighted by Gasteiger charge is 2.42. The molecule has 2 aromatic rings. The van der Waals surface area contributed by atoms with Crippen molar-refractivity contribution in [3.05, 3.63) is 107 Å². The molecule has 0 aromatic heterocycles. The Morgan fingerprint density at radius 1 is 0.943 bits per heavy atom. The highest BCUT2D eigenvalue weighted by atomic mass is 19.4. The summed E-state index contributed by atoms with van der Waals surface area (Å²) in [5, 5.41) is 0. The molecule has 0 spiro atoms. The molecule has 0 atom stereocenters. The van der Waals surface area contributed by atoms with Crippen LogP contribution in [0.25, 0.3) is 0 Å². The number of halogens is 3. The van der Waals surface area contributed by atoms with E-state index in [0.29, 0.717) is 12.1 Å². The van der Waals surface area contributed by atoms with Gasteiger partial charge in [-0.25, -0.2) is 0 Å². The van der Waals surface area contributed by atoms with Crippen LogP contribution in [0, 0.1) is 0 Å². The average molecular weight is 482 g/mol. The highest BCUT2D eigenvalue weighted by molar-refractivity contribution is 5.71. The molecular formula is C30H34F3NO. The Morgan fingerprint density at radius 2 is 1.60 bits per heavy atom. The van der Waals surface area contributed by atoms with Gasteiger partial charge in [-0.3, -0.25) is 0 Å². The van der Waals surface area contributed by atoms with E-state index < -0.39 is 17.2 Å². The second-order valence-electron chi connectivity index (χ2n) is 9.41. The van der Waals surface area contributed by atoms with E-state index in [0.717, 1.165) is 29.1 Å². The third kappa shape index (κ3) is 6.47. The summed E-state index contributed by atoms with van der Waals surface area (Å²) in [5.41, 5.74) is 2.45. The average Bonchev–Trinajstić information content (AvgIpc) is 3.00. The van der Waals surface area contributed by atoms with Crippen molar-refractivity contribution in [2.24, 2.45) is 0 Å². The van der Waals surface area contributed by atoms with Crippen LogP contribution in [-0.2, 0) is 18.0 Å². The first-order valence-corrected chi connectivity index (χ1v) is 12.0. The van der Waals surface area contributed by atoms with E-state index in [9.17, 15) is 13.2 Å². The molecular weight excluding hydrogens is 447 g/mol. The van der Waals surface area contributed by atoms with Crippen LogP contribution in [0.1, 0.15) is 51.3 Å². The van der Waals surface area contributed by atoms with Gasteiger partial charge in [-0.1, -0.05) is 62.4 Å². The Labute approximate surface area is 207 Å². The van der Waals surface area contributed by atoms with E-state index in [1.165, 1.54) is 12.1 Å². The van der Waals surface area contributed by atoms with Crippen molar-refractivity contribution in [3.8, 4) is 5.75 Å². The maximum absolute atomic E-state index is 13.5. The predicted molar refractivity (Wildman–Crippen MR) is 139 cm³/mol. The largest absolute Gasteiger partial charge is 0.491 e. The van der Waals surface area contributed by atoms with Crippen LogP contribution < -0.4 is 9.64 Å². The molecule has 0 saturated carbocycles. The molecule has 2 nitrogen and oxygen atoms in total. The van der Waals surface area contributed by atoms with Gasteiger partial charge in [0.05, 0.1) is 11.7 Å². The van der Waals surface area contributed by atoms with Gasteiger partial charge in [0.2, 0.25) is 0 Å². The first-order chi connectivity index (χ1) is 16.5. The van der Waals surface area contributed by atoms with E-state index >= 15 is 0 Å². The highest BCUT2D eigenvalue weighted by Crippen LogP contribution is 2.49. The molecule has 0 aliphatic carbocycles. The molecule has 2 aromatic carbocycles. The zero-order valence-corrected chi connectivity index (χ0v) is 21.1. The second-order valence-corrected chi connectivity index (χ2v) is 9.41. The van der Waals surface area contributed by atoms with E-state index in [-0.39, 0.29) is 6.10 Å². The molecule has 0 N–H and O–H groups in total. The minimum Gasteiger partial charge on any atom is -0.491 e. The summed E-state index contributed by atoms with van der Waals surface area (Å²) in [6, 6.07) is 12.1. The van der Waals surface area contributed by atoms with Crippen molar-refractivity contribution in [2.45, 2.75) is 58.7 Å². The molecule has 0 unspecified atom stereocenters. The predicted octanol–water partition coefficient (Wildman–Crippen LogP) is 8.41. The molecule has 3 rings (SSSR count). The molecule has 0 bridgehead atoms. The van der Waals surface area contributed by atoms with Gasteiger partial charge in [0, 0.05) is 23.3 Å². The van der Waals surface area contributed by atoms with Crippen LogP contribution in [0.15, 0.2) is 90.7 Å². The van der Waals surface area contributed by atoms with Gasteiger partial charge >= 0.3 is 6.18 Å². The number of benzene rings is 2. The second kappa shape index (κ2) is 11.0. The summed E-state index contributed by atoms with van der Waals surface area (Å²) in [4.78, 5) is 2.15. The number of anilines is 1. The van der Waals surface area contributed by atoms with Crippen molar-refractivity contribution in [1.29, 1.82) is 0 Å². The number of ether oxygens (including phenoxy) is 1. The molecule has 1 heterocycles. The first-order valence-electron chi connectivity index (χ1n) is 12.0. The molecule has 186 valence electrons. The van der Waals surface area contributed by atoms with Crippen LogP contribution in [0.2, 0.25) is 0 Å². The summed E-state index contributed by atoms with van der Waals surface area (Å²) in [6.07, 6.45) is 10.1. The molecule has 5 heteroatoms. The van der Waals surface area contributed by atoms with Crippen molar-refractivity contribution < 1.29 is 17.9 Å². The van der Waals surface area contributed by atoms with Crippen molar-refractivity contribution in [2.75, 3.05) is 11.4 Å². The summed E-state index contributed by atoms with van der Waals surface area (Å²) in [6.45, 7) is 10.6. The fourth-order valence-electron chi connectivity index (χ4n) is 4.29. The van der Waals surface area contributed by atoms with E-state index in [1.807, 2.05) is 101 Å². The Hall–Kier alpha value is -3.21. The molecule has 35 heavy (non-hydrogen) atoms. The van der Waals surface area contributed by atoms with Crippen molar-refractivity contribution in [3.63, 3.8) is 0 Å². The number of hydrogen-bond acceptors (Lipinski definition) is 2. The van der Waals surface area contributed by atoms with Gasteiger partial charge < -0.3 is 9.64 Å². The monoisotopic (exact) mass is 481 g/mol. The van der Waals surface area contributed by atoms with Crippen LogP contribution in [0.4, 0.5) is 18.9 Å². The minimum absolute atomic E-state index is 0.111. The van der Waals surface area contributed by atoms with Crippen LogP contribution in [0.5, 0.6) is 5.75 Å². The standard InChI is InChI=1S/C30H34F3NO/c1-6-7-8-9-10-11-12-28-29(4,5)26-21-24(30(31,32)33)15-18-27(26)34(28)20-19-23-13-16-25(17-14-23)35-22(2)3/h6-18,21-22H,19-20H2,1-5H3/b7-6+,9-8+,11-10+,28-12+. The van der Waals surface area contributed by atoms with Gasteiger partial charge in [-0.15, -0.1) is 0 Å². The minimum atomic E-state index is -4.38. The van der Waals surface area contributed by atoms with Crippen LogP contribution in [-0.4, -0.2) is 12.6 Å². The molecule has 0 amide bonds. The lowest BCUT2D eigenvalue weighted by molar-refractivity contribution is -0.137. The van der Waals surface area contributed by atoms with E-state index in [1.54, 1.807) is 6.07 Å². The van der Waals surface area contributed by atoms with Gasteiger partial charge in [0.15, 0.2) is 0 Å². The van der Waals surface area contributed by atoms with E-state index in [2.05, 4.69) is 4.90 Å². The lowest BCUT2D eigenvalue weighted by atomic mass is 9.83. The third-order valence-corrected chi connectivity index (χ3v) is 6.03. The Morgan fingerprint density at radius 3 is 2.23 bits per heavy atom. The maximum Gasteiger partial charge on any atom is 0.416 e. The molecule has 0 saturated heterocycles. The molecule has 0 fully saturated rings. The fraction of sp³-hybridized carbons (Fsp3) is 0.333. The zero-order chi connectivity index (χ0) is 25.6. The van der Waals surface area contributed by atoms with Crippen molar-refractivity contribution >= 4 is 5.69 Å². The third-order valence-electron chi connectivity index (χ3n) is 6.03. The number of rotatable bonds is 8. The lowest BCUT2D eigenvalue weighted by Crippen LogP contribution is -2.28. The number of allylic oxidation sites excluding steroid dienone is 8. The first kappa shape index (κ1) is 26.4. The van der Waals surface area contributed by atoms with Crippen LogP contribution in [0.3, 0.4) is 0 Å². The van der Waals surface area contributed by atoms with Gasteiger partial charge in [0.25, 0.3) is 0 Å². The molecule has 1 aliphatic heterocycles. The number of alkyl halides is 3. The smallest absolute Gasteiger partial charge is 0.416 e. The van der Waals surface area contributed by atoms with Gasteiger partial charge in [-0.2, -0.15) is 13.2 Å². The number of nitrogens with zero attached hydrogens (tertiary/aromatic N) is 1. The lowest BCUT2D eigenvalue weighted by Gasteiger charge is -2.27. The molecule has 0 radical (unpaired) electrons. The maximum atomic E-state index is 13.5. The Balaban J connectivity index is 1.92. The number of fused-ring (bicyclic) bond motifs is 1. The Bertz CT molecular complexity index is 1120. The quantitative estimate of drug-likeness (QED) is 0.351. The van der Waals surface area contributed by atoms with Gasteiger partial charge in [0.1, 0.15) is 5.75 Å². The van der Waals surface area contributed by atoms with Crippen molar-refractivity contribution in [1.82, 2.24) is 0 Å². The topological polar surface area (TPSA) is 12.5 Å². The normalized spacial score (nSPS) is 16.9. The summed E-state index contributed by atoms with van der Waals surface area (Å²) >= 11 is 0. The summed E-state index contributed by atoms with van der Waals surface area (Å²) in [7, 11) is 0. The Kier molecular flexibility index (Phi) is 8.31. The SMILES string of the molecule is C/C=C/C=C/C=C/C=C1/N(CCc2ccc(OC(C)C)cc2)c2ccc(C(F)(F)F)cc2C1(C)C. The van der Waals surface area contributed by atoms with E-state index in [4.69, 9.17) is 4.74 Å².